The molecule has 11 unspecified atom stereocenters. The fourth-order valence-corrected chi connectivity index (χ4v) is 13.5. The van der Waals surface area contributed by atoms with E-state index in [1.807, 2.05) is 11.1 Å². The Balaban J connectivity index is 1.61. The molecule has 0 aromatic carbocycles. The second kappa shape index (κ2) is 3.69. The number of fused-ring (bicyclic) bond motifs is 1. The molecule has 6 fully saturated rings. The molecule has 26 heavy (non-hydrogen) atoms. The standard InChI is InChI=1S/C26H36/c1-7-10-16-17-13-20-21-15-12-19-18(11-14(15)4)25(9-3)22(20,5)24(16,8-2)23(17,6)26(19,21)25/h11-12,14-17,20-21H,7-10,13H2,1-6H3. The molecule has 0 aromatic heterocycles. The monoisotopic (exact) mass is 348 g/mol. The zero-order valence-electron chi connectivity index (χ0n) is 17.7. The quantitative estimate of drug-likeness (QED) is 0.534. The van der Waals surface area contributed by atoms with Crippen molar-refractivity contribution in [3.8, 4) is 0 Å². The lowest BCUT2D eigenvalue weighted by Gasteiger charge is -2.82. The van der Waals surface area contributed by atoms with Crippen LogP contribution in [0.25, 0.3) is 0 Å². The maximum absolute atomic E-state index is 2.84. The lowest BCUT2D eigenvalue weighted by molar-refractivity contribution is -0.352. The third-order valence-electron chi connectivity index (χ3n) is 12.9. The molecule has 11 atom stereocenters. The molecule has 0 N–H and O–H groups in total. The molecule has 140 valence electrons. The van der Waals surface area contributed by atoms with Crippen LogP contribution in [0.4, 0.5) is 0 Å². The highest BCUT2D eigenvalue weighted by molar-refractivity contribution is 5.73. The Labute approximate surface area is 159 Å². The molecule has 8 aliphatic carbocycles. The van der Waals surface area contributed by atoms with E-state index in [0.29, 0.717) is 27.1 Å². The van der Waals surface area contributed by atoms with Crippen LogP contribution in [0.5, 0.6) is 0 Å². The van der Waals surface area contributed by atoms with Crippen LogP contribution < -0.4 is 0 Å². The minimum absolute atomic E-state index is 0.530. The van der Waals surface area contributed by atoms with Crippen LogP contribution in [-0.2, 0) is 0 Å². The second-order valence-corrected chi connectivity index (χ2v) is 11.8. The number of hydrogen-bond donors (Lipinski definition) is 0. The van der Waals surface area contributed by atoms with Gasteiger partial charge in [0.2, 0.25) is 0 Å². The van der Waals surface area contributed by atoms with E-state index in [0.717, 1.165) is 35.5 Å². The van der Waals surface area contributed by atoms with Gasteiger partial charge in [-0.3, -0.25) is 0 Å². The summed E-state index contributed by atoms with van der Waals surface area (Å²) in [7, 11) is 0. The molecule has 0 aromatic rings. The van der Waals surface area contributed by atoms with Gasteiger partial charge in [0.05, 0.1) is 0 Å². The highest BCUT2D eigenvalue weighted by atomic mass is 15.1. The first-order chi connectivity index (χ1) is 12.4. The second-order valence-electron chi connectivity index (χ2n) is 11.8. The van der Waals surface area contributed by atoms with Crippen molar-refractivity contribution in [2.75, 3.05) is 0 Å². The third-order valence-corrected chi connectivity index (χ3v) is 12.9. The fraction of sp³-hybridized carbons (Fsp3) is 0.846. The van der Waals surface area contributed by atoms with E-state index in [4.69, 9.17) is 0 Å². The molecular weight excluding hydrogens is 312 g/mol. The summed E-state index contributed by atoms with van der Waals surface area (Å²) >= 11 is 0. The Kier molecular flexibility index (Phi) is 2.19. The Morgan fingerprint density at radius 2 is 1.73 bits per heavy atom. The molecule has 0 amide bonds. The molecule has 8 aliphatic rings. The van der Waals surface area contributed by atoms with Gasteiger partial charge in [0.1, 0.15) is 0 Å². The molecule has 0 heteroatoms. The molecule has 0 heterocycles. The summed E-state index contributed by atoms with van der Waals surface area (Å²) in [4.78, 5) is 0. The van der Waals surface area contributed by atoms with Gasteiger partial charge in [0, 0.05) is 10.8 Å². The van der Waals surface area contributed by atoms with Crippen molar-refractivity contribution < 1.29 is 0 Å². The van der Waals surface area contributed by atoms with E-state index >= 15 is 0 Å². The summed E-state index contributed by atoms with van der Waals surface area (Å²) in [5, 5.41) is 0. The molecule has 0 aliphatic heterocycles. The highest BCUT2D eigenvalue weighted by Gasteiger charge is 3.05. The van der Waals surface area contributed by atoms with Crippen LogP contribution in [0.1, 0.15) is 73.6 Å². The first-order valence-electron chi connectivity index (χ1n) is 11.9. The summed E-state index contributed by atoms with van der Waals surface area (Å²) in [6, 6.07) is 0. The average Bonchev–Trinajstić information content (AvgIpc) is 2.95. The zero-order chi connectivity index (χ0) is 18.1. The minimum Gasteiger partial charge on any atom is -0.0770 e. The minimum atomic E-state index is 0.530. The third kappa shape index (κ3) is 0.804. The molecule has 0 nitrogen and oxygen atoms in total. The van der Waals surface area contributed by atoms with E-state index in [-0.39, 0.29) is 0 Å². The van der Waals surface area contributed by atoms with Crippen LogP contribution in [0.3, 0.4) is 0 Å². The zero-order valence-corrected chi connectivity index (χ0v) is 17.7. The summed E-state index contributed by atoms with van der Waals surface area (Å²) in [6.45, 7) is 15.8. The Hall–Kier alpha value is -0.520. The highest BCUT2D eigenvalue weighted by Crippen LogP contribution is 3.09. The topological polar surface area (TPSA) is 0 Å². The molecule has 8 rings (SSSR count). The first kappa shape index (κ1) is 15.4. The van der Waals surface area contributed by atoms with Crippen molar-refractivity contribution >= 4 is 0 Å². The SMILES string of the molecule is CCCC1C2CC3C4C5C=C6C(=CC5C)C5(CC)C3(C)C1(CC)C2(C)C645. The lowest BCUT2D eigenvalue weighted by atomic mass is 9.21. The Bertz CT molecular complexity index is 831. The fourth-order valence-electron chi connectivity index (χ4n) is 13.5. The van der Waals surface area contributed by atoms with Gasteiger partial charge in [-0.15, -0.1) is 0 Å². The van der Waals surface area contributed by atoms with Gasteiger partial charge < -0.3 is 0 Å². The number of rotatable bonds is 4. The van der Waals surface area contributed by atoms with Crippen LogP contribution in [0, 0.1) is 62.6 Å². The van der Waals surface area contributed by atoms with Gasteiger partial charge in [0.25, 0.3) is 0 Å². The van der Waals surface area contributed by atoms with E-state index in [9.17, 15) is 0 Å². The van der Waals surface area contributed by atoms with E-state index in [2.05, 4.69) is 53.7 Å². The summed E-state index contributed by atoms with van der Waals surface area (Å²) in [5.74, 6) is 5.71. The average molecular weight is 349 g/mol. The summed E-state index contributed by atoms with van der Waals surface area (Å²) in [5.41, 5.74) is 6.68. The molecule has 7 bridgehead atoms. The summed E-state index contributed by atoms with van der Waals surface area (Å²) in [6.07, 6.45) is 12.9. The van der Waals surface area contributed by atoms with Crippen molar-refractivity contribution in [1.82, 2.24) is 0 Å². The van der Waals surface area contributed by atoms with Crippen molar-refractivity contribution in [2.24, 2.45) is 62.6 Å². The molecule has 6 saturated carbocycles. The van der Waals surface area contributed by atoms with E-state index in [1.54, 1.807) is 6.42 Å². The van der Waals surface area contributed by atoms with Crippen LogP contribution in [-0.4, -0.2) is 0 Å². The Morgan fingerprint density at radius 1 is 0.962 bits per heavy atom. The van der Waals surface area contributed by atoms with Gasteiger partial charge in [-0.1, -0.05) is 60.1 Å². The first-order valence-corrected chi connectivity index (χ1v) is 11.9. The predicted molar refractivity (Wildman–Crippen MR) is 106 cm³/mol. The molecule has 0 saturated heterocycles. The summed E-state index contributed by atoms with van der Waals surface area (Å²) < 4.78 is 0. The van der Waals surface area contributed by atoms with Gasteiger partial charge in [-0.2, -0.15) is 0 Å². The van der Waals surface area contributed by atoms with Crippen molar-refractivity contribution in [3.05, 3.63) is 23.3 Å². The van der Waals surface area contributed by atoms with Crippen LogP contribution in [0.15, 0.2) is 23.3 Å². The van der Waals surface area contributed by atoms with Crippen molar-refractivity contribution in [2.45, 2.75) is 73.6 Å². The van der Waals surface area contributed by atoms with Crippen LogP contribution in [0.2, 0.25) is 0 Å². The van der Waals surface area contributed by atoms with Crippen molar-refractivity contribution in [3.63, 3.8) is 0 Å². The number of allylic oxidation sites excluding steroid dienone is 4. The van der Waals surface area contributed by atoms with Gasteiger partial charge in [-0.25, -0.2) is 0 Å². The van der Waals surface area contributed by atoms with Crippen LogP contribution >= 0.6 is 0 Å². The maximum Gasteiger partial charge on any atom is 0.0154 e. The molecule has 1 spiro atoms. The van der Waals surface area contributed by atoms with Crippen molar-refractivity contribution in [1.29, 1.82) is 0 Å². The maximum atomic E-state index is 2.84. The number of hydrogen-bond acceptors (Lipinski definition) is 0. The molecular formula is C26H36. The largest absolute Gasteiger partial charge is 0.0770 e. The van der Waals surface area contributed by atoms with Gasteiger partial charge >= 0.3 is 0 Å². The van der Waals surface area contributed by atoms with Gasteiger partial charge in [-0.05, 0) is 88.6 Å². The lowest BCUT2D eigenvalue weighted by Crippen LogP contribution is -2.78. The smallest absolute Gasteiger partial charge is 0.0154 e. The Morgan fingerprint density at radius 3 is 2.38 bits per heavy atom. The normalized spacial score (nSPS) is 69.3. The van der Waals surface area contributed by atoms with E-state index in [1.165, 1.54) is 25.7 Å². The van der Waals surface area contributed by atoms with E-state index < -0.39 is 0 Å². The predicted octanol–water partition coefficient (Wildman–Crippen LogP) is 6.63. The molecule has 0 radical (unpaired) electrons. The van der Waals surface area contributed by atoms with Gasteiger partial charge in [0.15, 0.2) is 0 Å².